The molecule has 1 atom stereocenters. The average Bonchev–Trinajstić information content (AvgIpc) is 3.01. The molecule has 0 aromatic carbocycles. The first-order valence-corrected chi connectivity index (χ1v) is 7.55. The summed E-state index contributed by atoms with van der Waals surface area (Å²) in [4.78, 5) is 27.9. The van der Waals surface area contributed by atoms with Crippen molar-refractivity contribution >= 4 is 11.7 Å². The standard InChI is InChI=1S/C15H17N7O2/c16-7-13-15(19-2-1-18-13)22-6-5-21(8-12(23)9-22)14(24)10-20-4-3-17-11-20/h1-4,11-12,23H,5-6,8-10H2/t12-/m0/s1. The fraction of sp³-hybridized carbons (Fsp3) is 0.400. The maximum Gasteiger partial charge on any atom is 0.242 e. The number of aromatic nitrogens is 4. The Morgan fingerprint density at radius 2 is 2.12 bits per heavy atom. The number of aliphatic hydroxyl groups excluding tert-OH is 1. The summed E-state index contributed by atoms with van der Waals surface area (Å²) < 4.78 is 1.69. The Balaban J connectivity index is 1.71. The van der Waals surface area contributed by atoms with E-state index in [4.69, 9.17) is 5.26 Å². The lowest BCUT2D eigenvalue weighted by atomic mass is 10.3. The van der Waals surface area contributed by atoms with Crippen molar-refractivity contribution in [1.29, 1.82) is 5.26 Å². The fourth-order valence-electron chi connectivity index (χ4n) is 2.69. The molecule has 0 saturated carbocycles. The zero-order valence-electron chi connectivity index (χ0n) is 13.0. The molecule has 1 fully saturated rings. The van der Waals surface area contributed by atoms with Crippen LogP contribution in [0, 0.1) is 11.3 Å². The molecule has 2 aromatic heterocycles. The van der Waals surface area contributed by atoms with E-state index in [-0.39, 0.29) is 24.7 Å². The lowest BCUT2D eigenvalue weighted by Crippen LogP contribution is -2.39. The number of nitriles is 1. The van der Waals surface area contributed by atoms with Gasteiger partial charge in [0.25, 0.3) is 0 Å². The van der Waals surface area contributed by atoms with Gasteiger partial charge in [-0.3, -0.25) is 4.79 Å². The highest BCUT2D eigenvalue weighted by molar-refractivity contribution is 5.76. The number of hydrogen-bond donors (Lipinski definition) is 1. The third kappa shape index (κ3) is 3.49. The molecule has 1 saturated heterocycles. The summed E-state index contributed by atoms with van der Waals surface area (Å²) in [6.45, 7) is 1.63. The molecule has 9 nitrogen and oxygen atoms in total. The number of rotatable bonds is 3. The molecular weight excluding hydrogens is 310 g/mol. The quantitative estimate of drug-likeness (QED) is 0.790. The molecule has 1 aliphatic heterocycles. The number of imidazole rings is 1. The van der Waals surface area contributed by atoms with E-state index < -0.39 is 6.10 Å². The van der Waals surface area contributed by atoms with E-state index in [2.05, 4.69) is 15.0 Å². The second kappa shape index (κ2) is 7.06. The molecule has 2 aromatic rings. The summed E-state index contributed by atoms with van der Waals surface area (Å²) >= 11 is 0. The minimum absolute atomic E-state index is 0.0893. The van der Waals surface area contributed by atoms with E-state index in [1.54, 1.807) is 33.1 Å². The Bertz CT molecular complexity index is 741. The molecule has 124 valence electrons. The van der Waals surface area contributed by atoms with Crippen LogP contribution in [0.2, 0.25) is 0 Å². The van der Waals surface area contributed by atoms with Gasteiger partial charge in [-0.1, -0.05) is 0 Å². The number of anilines is 1. The molecule has 0 spiro atoms. The Kier molecular flexibility index (Phi) is 4.67. The van der Waals surface area contributed by atoms with Gasteiger partial charge in [-0.2, -0.15) is 5.26 Å². The third-order valence-corrected chi connectivity index (χ3v) is 3.82. The Morgan fingerprint density at radius 1 is 1.29 bits per heavy atom. The number of nitrogens with zero attached hydrogens (tertiary/aromatic N) is 7. The van der Waals surface area contributed by atoms with Crippen LogP contribution in [0.1, 0.15) is 5.69 Å². The smallest absolute Gasteiger partial charge is 0.242 e. The maximum atomic E-state index is 12.4. The van der Waals surface area contributed by atoms with Gasteiger partial charge in [-0.15, -0.1) is 0 Å². The Labute approximate surface area is 138 Å². The van der Waals surface area contributed by atoms with Crippen molar-refractivity contribution in [2.24, 2.45) is 0 Å². The highest BCUT2D eigenvalue weighted by Crippen LogP contribution is 2.17. The molecule has 9 heteroatoms. The Hall–Kier alpha value is -2.99. The minimum atomic E-state index is -0.729. The number of aliphatic hydroxyl groups is 1. The van der Waals surface area contributed by atoms with Crippen LogP contribution >= 0.6 is 0 Å². The van der Waals surface area contributed by atoms with Crippen molar-refractivity contribution in [2.45, 2.75) is 12.6 Å². The second-order valence-corrected chi connectivity index (χ2v) is 5.51. The number of carbonyl (C=O) groups excluding carboxylic acids is 1. The van der Waals surface area contributed by atoms with Crippen LogP contribution in [0.4, 0.5) is 5.82 Å². The largest absolute Gasteiger partial charge is 0.389 e. The zero-order chi connectivity index (χ0) is 16.9. The maximum absolute atomic E-state index is 12.4. The molecule has 0 bridgehead atoms. The molecule has 24 heavy (non-hydrogen) atoms. The molecule has 1 amide bonds. The summed E-state index contributed by atoms with van der Waals surface area (Å²) in [5.41, 5.74) is 0.211. The van der Waals surface area contributed by atoms with Gasteiger partial charge >= 0.3 is 0 Å². The van der Waals surface area contributed by atoms with Gasteiger partial charge < -0.3 is 19.5 Å². The number of hydrogen-bond acceptors (Lipinski definition) is 7. The van der Waals surface area contributed by atoms with Crippen molar-refractivity contribution in [1.82, 2.24) is 24.4 Å². The van der Waals surface area contributed by atoms with Crippen molar-refractivity contribution in [3.8, 4) is 6.07 Å². The first-order chi connectivity index (χ1) is 11.7. The van der Waals surface area contributed by atoms with Gasteiger partial charge in [0.2, 0.25) is 5.91 Å². The topological polar surface area (TPSA) is 111 Å². The second-order valence-electron chi connectivity index (χ2n) is 5.51. The molecule has 0 aliphatic carbocycles. The van der Waals surface area contributed by atoms with Crippen molar-refractivity contribution in [2.75, 3.05) is 31.1 Å². The fourth-order valence-corrected chi connectivity index (χ4v) is 2.69. The number of carbonyl (C=O) groups is 1. The highest BCUT2D eigenvalue weighted by Gasteiger charge is 2.26. The van der Waals surface area contributed by atoms with Crippen molar-refractivity contribution in [3.63, 3.8) is 0 Å². The monoisotopic (exact) mass is 327 g/mol. The first kappa shape index (κ1) is 15.9. The van der Waals surface area contributed by atoms with Crippen LogP contribution in [-0.2, 0) is 11.3 Å². The molecule has 3 heterocycles. The van der Waals surface area contributed by atoms with E-state index in [1.807, 2.05) is 6.07 Å². The highest BCUT2D eigenvalue weighted by atomic mass is 16.3. The zero-order valence-corrected chi connectivity index (χ0v) is 13.0. The molecule has 3 rings (SSSR count). The summed E-state index contributed by atoms with van der Waals surface area (Å²) in [6, 6.07) is 2.00. The van der Waals surface area contributed by atoms with Gasteiger partial charge in [0.15, 0.2) is 11.5 Å². The van der Waals surface area contributed by atoms with Gasteiger partial charge in [0.05, 0.1) is 12.4 Å². The van der Waals surface area contributed by atoms with Gasteiger partial charge in [0.1, 0.15) is 12.6 Å². The van der Waals surface area contributed by atoms with Crippen LogP contribution < -0.4 is 4.90 Å². The van der Waals surface area contributed by atoms with E-state index in [0.29, 0.717) is 25.5 Å². The summed E-state index contributed by atoms with van der Waals surface area (Å²) in [5.74, 6) is 0.344. The Morgan fingerprint density at radius 3 is 2.88 bits per heavy atom. The normalized spacial score (nSPS) is 18.1. The molecule has 1 aliphatic rings. The number of β-amino-alcohol motifs (C(OH)–C–C–N with tert-alkyl or cyclic N) is 1. The van der Waals surface area contributed by atoms with Crippen molar-refractivity contribution < 1.29 is 9.90 Å². The van der Waals surface area contributed by atoms with Crippen molar-refractivity contribution in [3.05, 3.63) is 36.8 Å². The van der Waals surface area contributed by atoms with E-state index in [9.17, 15) is 9.90 Å². The SMILES string of the molecule is N#Cc1nccnc1N1CCN(C(=O)Cn2ccnc2)C[C@H](O)C1. The first-order valence-electron chi connectivity index (χ1n) is 7.55. The summed E-state index contributed by atoms with van der Waals surface area (Å²) in [5, 5.41) is 19.4. The van der Waals surface area contributed by atoms with Crippen LogP contribution in [0.5, 0.6) is 0 Å². The van der Waals surface area contributed by atoms with E-state index in [0.717, 1.165) is 0 Å². The molecule has 0 unspecified atom stereocenters. The molecular formula is C15H17N7O2. The van der Waals surface area contributed by atoms with Crippen LogP contribution in [0.15, 0.2) is 31.1 Å². The van der Waals surface area contributed by atoms with Crippen LogP contribution in [-0.4, -0.2) is 67.7 Å². The summed E-state index contributed by atoms with van der Waals surface area (Å²) in [7, 11) is 0. The van der Waals surface area contributed by atoms with Gasteiger partial charge in [0, 0.05) is 51.0 Å². The average molecular weight is 327 g/mol. The predicted molar refractivity (Wildman–Crippen MR) is 83.8 cm³/mol. The number of amides is 1. The van der Waals surface area contributed by atoms with Crippen LogP contribution in [0.25, 0.3) is 0 Å². The minimum Gasteiger partial charge on any atom is -0.389 e. The molecule has 1 N–H and O–H groups in total. The van der Waals surface area contributed by atoms with Gasteiger partial charge in [-0.25, -0.2) is 15.0 Å². The lowest BCUT2D eigenvalue weighted by molar-refractivity contribution is -0.132. The third-order valence-electron chi connectivity index (χ3n) is 3.82. The van der Waals surface area contributed by atoms with E-state index in [1.165, 1.54) is 12.4 Å². The van der Waals surface area contributed by atoms with Gasteiger partial charge in [-0.05, 0) is 0 Å². The predicted octanol–water partition coefficient (Wildman–Crippen LogP) is -0.746. The molecule has 0 radical (unpaired) electrons. The van der Waals surface area contributed by atoms with Crippen LogP contribution in [0.3, 0.4) is 0 Å². The summed E-state index contributed by atoms with van der Waals surface area (Å²) in [6.07, 6.45) is 7.15. The van der Waals surface area contributed by atoms with E-state index >= 15 is 0 Å². The lowest BCUT2D eigenvalue weighted by Gasteiger charge is -2.23.